The van der Waals surface area contributed by atoms with Crippen LogP contribution in [0.3, 0.4) is 0 Å². The lowest BCUT2D eigenvalue weighted by Gasteiger charge is -2.33. The Kier molecular flexibility index (Phi) is 6.69. The fraction of sp³-hybridized carbons (Fsp3) is 0.318. The maximum absolute atomic E-state index is 12.9. The standard InChI is InChI=1S/C22H25FN2OS/c1-17(2)19-6-10-21(11-7-19)27-25-15-13-24(14-16-25)22(26)12-5-18-3-8-20(23)9-4-18/h3-12,17H,13-16H2,1-2H3/b12-5+. The molecule has 3 rings (SSSR count). The second kappa shape index (κ2) is 9.20. The van der Waals surface area contributed by atoms with Crippen LogP contribution in [0.4, 0.5) is 4.39 Å². The lowest BCUT2D eigenvalue weighted by molar-refractivity contribution is -0.127. The van der Waals surface area contributed by atoms with Gasteiger partial charge in [0.15, 0.2) is 0 Å². The van der Waals surface area contributed by atoms with Crippen molar-refractivity contribution in [3.63, 3.8) is 0 Å². The van der Waals surface area contributed by atoms with Gasteiger partial charge in [0.1, 0.15) is 5.82 Å². The van der Waals surface area contributed by atoms with Gasteiger partial charge in [0.05, 0.1) is 0 Å². The van der Waals surface area contributed by atoms with Crippen LogP contribution in [-0.4, -0.2) is 41.3 Å². The van der Waals surface area contributed by atoms with Crippen LogP contribution in [0.25, 0.3) is 6.08 Å². The van der Waals surface area contributed by atoms with Crippen molar-refractivity contribution in [2.24, 2.45) is 0 Å². The molecule has 142 valence electrons. The van der Waals surface area contributed by atoms with E-state index in [4.69, 9.17) is 0 Å². The summed E-state index contributed by atoms with van der Waals surface area (Å²) < 4.78 is 15.2. The summed E-state index contributed by atoms with van der Waals surface area (Å²) in [6.45, 7) is 7.50. The number of nitrogens with zero attached hydrogens (tertiary/aromatic N) is 2. The van der Waals surface area contributed by atoms with E-state index >= 15 is 0 Å². The number of hydrogen-bond donors (Lipinski definition) is 0. The molecule has 0 bridgehead atoms. The number of amides is 1. The highest BCUT2D eigenvalue weighted by molar-refractivity contribution is 7.97. The van der Waals surface area contributed by atoms with Crippen molar-refractivity contribution in [1.29, 1.82) is 0 Å². The van der Waals surface area contributed by atoms with Gasteiger partial charge in [0, 0.05) is 37.2 Å². The van der Waals surface area contributed by atoms with Gasteiger partial charge in [-0.15, -0.1) is 0 Å². The Bertz CT molecular complexity index is 779. The van der Waals surface area contributed by atoms with Gasteiger partial charge in [0.2, 0.25) is 5.91 Å². The number of halogens is 1. The van der Waals surface area contributed by atoms with Crippen molar-refractivity contribution >= 4 is 23.9 Å². The molecule has 1 saturated heterocycles. The zero-order chi connectivity index (χ0) is 19.2. The van der Waals surface area contributed by atoms with E-state index in [9.17, 15) is 9.18 Å². The lowest BCUT2D eigenvalue weighted by Crippen LogP contribution is -2.45. The Morgan fingerprint density at radius 2 is 1.63 bits per heavy atom. The van der Waals surface area contributed by atoms with Crippen molar-refractivity contribution in [3.05, 3.63) is 71.6 Å². The Morgan fingerprint density at radius 3 is 2.22 bits per heavy atom. The summed E-state index contributed by atoms with van der Waals surface area (Å²) in [5.74, 6) is 0.276. The maximum Gasteiger partial charge on any atom is 0.246 e. The number of carbonyl (C=O) groups excluding carboxylic acids is 1. The summed E-state index contributed by atoms with van der Waals surface area (Å²) in [6, 6.07) is 14.8. The van der Waals surface area contributed by atoms with E-state index < -0.39 is 0 Å². The molecule has 0 spiro atoms. The topological polar surface area (TPSA) is 23.6 Å². The third-order valence-corrected chi connectivity index (χ3v) is 5.73. The minimum atomic E-state index is -0.272. The summed E-state index contributed by atoms with van der Waals surface area (Å²) in [5.41, 5.74) is 2.17. The first-order valence-electron chi connectivity index (χ1n) is 9.27. The van der Waals surface area contributed by atoms with Crippen molar-refractivity contribution in [2.45, 2.75) is 24.7 Å². The quantitative estimate of drug-likeness (QED) is 0.546. The van der Waals surface area contributed by atoms with Crippen LogP contribution in [0.15, 0.2) is 59.5 Å². The molecule has 0 aromatic heterocycles. The van der Waals surface area contributed by atoms with Gasteiger partial charge in [-0.25, -0.2) is 8.70 Å². The molecular formula is C22H25FN2OS. The molecule has 5 heteroatoms. The van der Waals surface area contributed by atoms with E-state index in [1.807, 2.05) is 4.90 Å². The summed E-state index contributed by atoms with van der Waals surface area (Å²) in [4.78, 5) is 15.4. The Balaban J connectivity index is 1.48. The van der Waals surface area contributed by atoms with Crippen LogP contribution in [-0.2, 0) is 4.79 Å². The second-order valence-corrected chi connectivity index (χ2v) is 8.12. The largest absolute Gasteiger partial charge is 0.337 e. The molecular weight excluding hydrogens is 359 g/mol. The van der Waals surface area contributed by atoms with E-state index in [2.05, 4.69) is 42.4 Å². The summed E-state index contributed by atoms with van der Waals surface area (Å²) in [7, 11) is 0. The van der Waals surface area contributed by atoms with Crippen molar-refractivity contribution in [2.75, 3.05) is 26.2 Å². The van der Waals surface area contributed by atoms with Crippen LogP contribution in [0.5, 0.6) is 0 Å². The number of piperazine rings is 1. The molecule has 0 aliphatic carbocycles. The van der Waals surface area contributed by atoms with Crippen LogP contribution in [0.1, 0.15) is 30.9 Å². The smallest absolute Gasteiger partial charge is 0.246 e. The first-order chi connectivity index (χ1) is 13.0. The van der Waals surface area contributed by atoms with Crippen molar-refractivity contribution in [3.8, 4) is 0 Å². The van der Waals surface area contributed by atoms with Gasteiger partial charge in [-0.3, -0.25) is 4.79 Å². The highest BCUT2D eigenvalue weighted by atomic mass is 32.2. The number of hydrogen-bond acceptors (Lipinski definition) is 3. The van der Waals surface area contributed by atoms with Crippen molar-refractivity contribution in [1.82, 2.24) is 9.21 Å². The summed E-state index contributed by atoms with van der Waals surface area (Å²) >= 11 is 1.75. The minimum Gasteiger partial charge on any atom is -0.337 e. The highest BCUT2D eigenvalue weighted by Crippen LogP contribution is 2.26. The average Bonchev–Trinajstić information content (AvgIpc) is 2.68. The minimum absolute atomic E-state index is 0.00487. The molecule has 0 N–H and O–H groups in total. The summed E-state index contributed by atoms with van der Waals surface area (Å²) in [6.07, 6.45) is 3.31. The summed E-state index contributed by atoms with van der Waals surface area (Å²) in [5, 5.41) is 0. The second-order valence-electron chi connectivity index (χ2n) is 6.95. The van der Waals surface area contributed by atoms with E-state index in [-0.39, 0.29) is 11.7 Å². The van der Waals surface area contributed by atoms with Crippen LogP contribution < -0.4 is 0 Å². The third kappa shape index (κ3) is 5.68. The van der Waals surface area contributed by atoms with Crippen molar-refractivity contribution < 1.29 is 9.18 Å². The fourth-order valence-electron chi connectivity index (χ4n) is 2.91. The van der Waals surface area contributed by atoms with E-state index in [0.717, 1.165) is 18.7 Å². The Labute approximate surface area is 165 Å². The molecule has 2 aromatic rings. The van der Waals surface area contributed by atoms with Crippen LogP contribution in [0.2, 0.25) is 0 Å². The molecule has 1 heterocycles. The molecule has 0 radical (unpaired) electrons. The molecule has 1 aliphatic heterocycles. The van der Waals surface area contributed by atoms with Crippen LogP contribution >= 0.6 is 11.9 Å². The van der Waals surface area contributed by atoms with Gasteiger partial charge in [-0.1, -0.05) is 38.1 Å². The number of benzene rings is 2. The fourth-order valence-corrected chi connectivity index (χ4v) is 3.81. The molecule has 0 atom stereocenters. The van der Waals surface area contributed by atoms with E-state index in [0.29, 0.717) is 19.0 Å². The van der Waals surface area contributed by atoms with Crippen LogP contribution in [0, 0.1) is 5.82 Å². The molecule has 2 aromatic carbocycles. The molecule has 0 saturated carbocycles. The Hall–Kier alpha value is -2.11. The molecule has 3 nitrogen and oxygen atoms in total. The van der Waals surface area contributed by atoms with Gasteiger partial charge in [-0.2, -0.15) is 0 Å². The normalized spacial score (nSPS) is 15.6. The number of carbonyl (C=O) groups is 1. The van der Waals surface area contributed by atoms with E-state index in [1.54, 1.807) is 36.2 Å². The first kappa shape index (κ1) is 19.6. The molecule has 1 amide bonds. The zero-order valence-electron chi connectivity index (χ0n) is 15.8. The van der Waals surface area contributed by atoms with Gasteiger partial charge >= 0.3 is 0 Å². The maximum atomic E-state index is 12.9. The number of rotatable bonds is 5. The predicted molar refractivity (Wildman–Crippen MR) is 110 cm³/mol. The molecule has 27 heavy (non-hydrogen) atoms. The predicted octanol–water partition coefficient (Wildman–Crippen LogP) is 4.81. The Morgan fingerprint density at radius 1 is 1.00 bits per heavy atom. The monoisotopic (exact) mass is 384 g/mol. The van der Waals surface area contributed by atoms with Gasteiger partial charge in [0.25, 0.3) is 0 Å². The molecule has 0 unspecified atom stereocenters. The molecule has 1 aliphatic rings. The SMILES string of the molecule is CC(C)c1ccc(SN2CCN(C(=O)/C=C/c3ccc(F)cc3)CC2)cc1. The zero-order valence-corrected chi connectivity index (χ0v) is 16.6. The van der Waals surface area contributed by atoms with E-state index in [1.165, 1.54) is 22.6 Å². The molecule has 1 fully saturated rings. The first-order valence-corrected chi connectivity index (χ1v) is 10.0. The lowest BCUT2D eigenvalue weighted by atomic mass is 10.0. The van der Waals surface area contributed by atoms with Gasteiger partial charge < -0.3 is 4.90 Å². The van der Waals surface area contributed by atoms with Gasteiger partial charge in [-0.05, 0) is 59.3 Å². The highest BCUT2D eigenvalue weighted by Gasteiger charge is 2.20. The third-order valence-electron chi connectivity index (χ3n) is 4.62. The average molecular weight is 385 g/mol.